The van der Waals surface area contributed by atoms with E-state index in [2.05, 4.69) is 6.58 Å². The van der Waals surface area contributed by atoms with Crippen LogP contribution in [0.3, 0.4) is 0 Å². The standard InChI is InChI=1S/C10H16O2/c1-7(2)8-4-5-10(3,12)9(8)6-11/h6,8-9,12H,1,4-5H2,2-3H3/t8-,9-,10+/m0/s1. The predicted octanol–water partition coefficient (Wildman–Crippen LogP) is 1.54. The van der Waals surface area contributed by atoms with Gasteiger partial charge in [0.05, 0.1) is 5.60 Å². The van der Waals surface area contributed by atoms with Gasteiger partial charge in [-0.25, -0.2) is 0 Å². The third-order valence-electron chi connectivity index (χ3n) is 2.89. The lowest BCUT2D eigenvalue weighted by Crippen LogP contribution is -2.33. The van der Waals surface area contributed by atoms with Crippen molar-refractivity contribution >= 4 is 6.29 Å². The molecule has 68 valence electrons. The Labute approximate surface area is 73.3 Å². The first kappa shape index (κ1) is 9.46. The van der Waals surface area contributed by atoms with Gasteiger partial charge in [-0.3, -0.25) is 0 Å². The van der Waals surface area contributed by atoms with E-state index >= 15 is 0 Å². The first-order valence-corrected chi connectivity index (χ1v) is 4.32. The van der Waals surface area contributed by atoms with Crippen LogP contribution >= 0.6 is 0 Å². The molecule has 12 heavy (non-hydrogen) atoms. The van der Waals surface area contributed by atoms with E-state index in [1.807, 2.05) is 6.92 Å². The molecule has 1 fully saturated rings. The zero-order valence-corrected chi connectivity index (χ0v) is 7.71. The van der Waals surface area contributed by atoms with Crippen molar-refractivity contribution in [3.05, 3.63) is 12.2 Å². The lowest BCUT2D eigenvalue weighted by Gasteiger charge is -2.24. The van der Waals surface area contributed by atoms with Crippen molar-refractivity contribution < 1.29 is 9.90 Å². The molecule has 1 aliphatic rings. The Kier molecular flexibility index (Phi) is 2.38. The molecule has 2 nitrogen and oxygen atoms in total. The van der Waals surface area contributed by atoms with Crippen molar-refractivity contribution in [3.8, 4) is 0 Å². The Morgan fingerprint density at radius 1 is 1.75 bits per heavy atom. The summed E-state index contributed by atoms with van der Waals surface area (Å²) in [6.45, 7) is 7.48. The maximum atomic E-state index is 10.7. The molecule has 1 saturated carbocycles. The van der Waals surface area contributed by atoms with Crippen LogP contribution in [0.4, 0.5) is 0 Å². The highest BCUT2D eigenvalue weighted by Crippen LogP contribution is 2.41. The van der Waals surface area contributed by atoms with Crippen LogP contribution < -0.4 is 0 Å². The Bertz CT molecular complexity index is 206. The minimum atomic E-state index is -0.814. The van der Waals surface area contributed by atoms with Gasteiger partial charge in [-0.2, -0.15) is 0 Å². The number of hydrogen-bond donors (Lipinski definition) is 1. The van der Waals surface area contributed by atoms with E-state index in [4.69, 9.17) is 0 Å². The lowest BCUT2D eigenvalue weighted by atomic mass is 9.85. The van der Waals surface area contributed by atoms with Crippen molar-refractivity contribution in [2.75, 3.05) is 0 Å². The zero-order chi connectivity index (χ0) is 9.35. The van der Waals surface area contributed by atoms with Gasteiger partial charge in [0.15, 0.2) is 0 Å². The van der Waals surface area contributed by atoms with E-state index in [9.17, 15) is 9.90 Å². The topological polar surface area (TPSA) is 37.3 Å². The SMILES string of the molecule is C=C(C)[C@@H]1CC[C@@](C)(O)[C@H]1C=O. The van der Waals surface area contributed by atoms with E-state index in [1.165, 1.54) is 0 Å². The fourth-order valence-electron chi connectivity index (χ4n) is 2.02. The summed E-state index contributed by atoms with van der Waals surface area (Å²) in [6.07, 6.45) is 2.45. The van der Waals surface area contributed by atoms with Gasteiger partial charge >= 0.3 is 0 Å². The van der Waals surface area contributed by atoms with Crippen molar-refractivity contribution in [2.45, 2.75) is 32.3 Å². The normalized spacial score (nSPS) is 41.2. The molecule has 3 atom stereocenters. The molecule has 0 aromatic carbocycles. The molecular weight excluding hydrogens is 152 g/mol. The van der Waals surface area contributed by atoms with Crippen molar-refractivity contribution in [1.29, 1.82) is 0 Å². The zero-order valence-electron chi connectivity index (χ0n) is 7.71. The highest BCUT2D eigenvalue weighted by molar-refractivity contribution is 5.58. The number of rotatable bonds is 2. The molecule has 0 spiro atoms. The molecule has 0 aliphatic heterocycles. The molecule has 0 aromatic heterocycles. The van der Waals surface area contributed by atoms with Gasteiger partial charge in [0.1, 0.15) is 6.29 Å². The molecule has 1 N–H and O–H groups in total. The van der Waals surface area contributed by atoms with Gasteiger partial charge in [0.25, 0.3) is 0 Å². The Morgan fingerprint density at radius 3 is 2.67 bits per heavy atom. The van der Waals surface area contributed by atoms with E-state index in [1.54, 1.807) is 6.92 Å². The van der Waals surface area contributed by atoms with Crippen LogP contribution in [0.5, 0.6) is 0 Å². The van der Waals surface area contributed by atoms with Crippen LogP contribution in [0.2, 0.25) is 0 Å². The molecule has 1 aliphatic carbocycles. The number of carbonyl (C=O) groups excluding carboxylic acids is 1. The summed E-state index contributed by atoms with van der Waals surface area (Å²) in [7, 11) is 0. The van der Waals surface area contributed by atoms with E-state index in [0.717, 1.165) is 18.3 Å². The molecule has 1 rings (SSSR count). The molecule has 0 saturated heterocycles. The number of aldehydes is 1. The van der Waals surface area contributed by atoms with Crippen molar-refractivity contribution in [1.82, 2.24) is 0 Å². The minimum Gasteiger partial charge on any atom is -0.389 e. The first-order valence-electron chi connectivity index (χ1n) is 4.32. The fourth-order valence-corrected chi connectivity index (χ4v) is 2.02. The maximum absolute atomic E-state index is 10.7. The van der Waals surface area contributed by atoms with Gasteiger partial charge in [-0.15, -0.1) is 0 Å². The average Bonchev–Trinajstić information content (AvgIpc) is 2.24. The Balaban J connectivity index is 2.83. The summed E-state index contributed by atoms with van der Waals surface area (Å²) in [5.74, 6) is -0.0764. The van der Waals surface area contributed by atoms with Crippen LogP contribution in [-0.2, 0) is 4.79 Å². The average molecular weight is 168 g/mol. The predicted molar refractivity (Wildman–Crippen MR) is 47.7 cm³/mol. The monoisotopic (exact) mass is 168 g/mol. The molecule has 0 aromatic rings. The number of carbonyl (C=O) groups is 1. The van der Waals surface area contributed by atoms with Crippen LogP contribution in [0, 0.1) is 11.8 Å². The lowest BCUT2D eigenvalue weighted by molar-refractivity contribution is -0.118. The van der Waals surface area contributed by atoms with Gasteiger partial charge in [-0.1, -0.05) is 12.2 Å². The third-order valence-corrected chi connectivity index (χ3v) is 2.89. The first-order chi connectivity index (χ1) is 5.49. The molecule has 0 amide bonds. The van der Waals surface area contributed by atoms with Gasteiger partial charge in [0, 0.05) is 5.92 Å². The van der Waals surface area contributed by atoms with Crippen molar-refractivity contribution in [2.24, 2.45) is 11.8 Å². The van der Waals surface area contributed by atoms with Crippen LogP contribution in [0.25, 0.3) is 0 Å². The molecule has 0 bridgehead atoms. The molecule has 0 heterocycles. The van der Waals surface area contributed by atoms with E-state index in [-0.39, 0.29) is 11.8 Å². The summed E-state index contributed by atoms with van der Waals surface area (Å²) >= 11 is 0. The number of allylic oxidation sites excluding steroid dienone is 1. The van der Waals surface area contributed by atoms with Crippen LogP contribution in [-0.4, -0.2) is 17.0 Å². The summed E-state index contributed by atoms with van der Waals surface area (Å²) in [4.78, 5) is 10.7. The molecule has 0 unspecified atom stereocenters. The van der Waals surface area contributed by atoms with Gasteiger partial charge in [-0.05, 0) is 32.6 Å². The second kappa shape index (κ2) is 3.02. The summed E-state index contributed by atoms with van der Waals surface area (Å²) < 4.78 is 0. The van der Waals surface area contributed by atoms with Crippen LogP contribution in [0.1, 0.15) is 26.7 Å². The Morgan fingerprint density at radius 2 is 2.33 bits per heavy atom. The second-order valence-electron chi connectivity index (χ2n) is 4.01. The van der Waals surface area contributed by atoms with E-state index < -0.39 is 5.60 Å². The molecule has 0 radical (unpaired) electrons. The summed E-state index contributed by atoms with van der Waals surface area (Å²) in [6, 6.07) is 0. The second-order valence-corrected chi connectivity index (χ2v) is 4.01. The maximum Gasteiger partial charge on any atom is 0.126 e. The highest BCUT2D eigenvalue weighted by atomic mass is 16.3. The smallest absolute Gasteiger partial charge is 0.126 e. The Hall–Kier alpha value is -0.630. The summed E-state index contributed by atoms with van der Waals surface area (Å²) in [5, 5.41) is 9.80. The minimum absolute atomic E-state index is 0.178. The van der Waals surface area contributed by atoms with Gasteiger partial charge in [0.2, 0.25) is 0 Å². The number of hydrogen-bond acceptors (Lipinski definition) is 2. The van der Waals surface area contributed by atoms with E-state index in [0.29, 0.717) is 6.42 Å². The highest BCUT2D eigenvalue weighted by Gasteiger charge is 2.43. The van der Waals surface area contributed by atoms with Crippen molar-refractivity contribution in [3.63, 3.8) is 0 Å². The summed E-state index contributed by atoms with van der Waals surface area (Å²) in [5.41, 5.74) is 0.190. The fraction of sp³-hybridized carbons (Fsp3) is 0.700. The largest absolute Gasteiger partial charge is 0.389 e. The molecule has 2 heteroatoms. The van der Waals surface area contributed by atoms with Crippen LogP contribution in [0.15, 0.2) is 12.2 Å². The number of aliphatic hydroxyl groups is 1. The van der Waals surface area contributed by atoms with Gasteiger partial charge < -0.3 is 9.90 Å². The quantitative estimate of drug-likeness (QED) is 0.501. The molecular formula is C10H16O2. The third kappa shape index (κ3) is 1.44.